The second-order valence-electron chi connectivity index (χ2n) is 10.8. The number of aryl methyl sites for hydroxylation is 2. The summed E-state index contributed by atoms with van der Waals surface area (Å²) in [6.07, 6.45) is 12.3. The van der Waals surface area contributed by atoms with Crippen LogP contribution in [-0.2, 0) is 17.8 Å². The van der Waals surface area contributed by atoms with Gasteiger partial charge in [0.15, 0.2) is 0 Å². The lowest BCUT2D eigenvalue weighted by Gasteiger charge is -2.22. The van der Waals surface area contributed by atoms with Crippen LogP contribution < -0.4 is 15.4 Å². The van der Waals surface area contributed by atoms with E-state index in [0.717, 1.165) is 92.9 Å². The maximum absolute atomic E-state index is 13.3. The number of methoxy groups -OCH3 is 1. The van der Waals surface area contributed by atoms with Crippen molar-refractivity contribution in [2.45, 2.75) is 66.5 Å². The summed E-state index contributed by atoms with van der Waals surface area (Å²) in [5.74, 6) is 1.75. The summed E-state index contributed by atoms with van der Waals surface area (Å²) in [4.78, 5) is 15.8. The van der Waals surface area contributed by atoms with Crippen LogP contribution in [0.5, 0.6) is 5.75 Å². The number of hydrogen-bond acceptors (Lipinski definition) is 5. The van der Waals surface area contributed by atoms with Crippen LogP contribution in [0.1, 0.15) is 67.9 Å². The van der Waals surface area contributed by atoms with Crippen LogP contribution in [0.25, 0.3) is 10.9 Å². The van der Waals surface area contributed by atoms with Gasteiger partial charge >= 0.3 is 0 Å². The van der Waals surface area contributed by atoms with Gasteiger partial charge in [-0.2, -0.15) is 0 Å². The highest BCUT2D eigenvalue weighted by atomic mass is 16.5. The van der Waals surface area contributed by atoms with Crippen molar-refractivity contribution in [3.8, 4) is 5.75 Å². The van der Waals surface area contributed by atoms with E-state index in [2.05, 4.69) is 78.2 Å². The van der Waals surface area contributed by atoms with Gasteiger partial charge in [-0.1, -0.05) is 69.3 Å². The van der Waals surface area contributed by atoms with Crippen LogP contribution in [-0.4, -0.2) is 61.8 Å². The highest BCUT2D eigenvalue weighted by Gasteiger charge is 2.18. The van der Waals surface area contributed by atoms with Crippen LogP contribution in [0, 0.1) is 6.92 Å². The maximum Gasteiger partial charge on any atom is 0.253 e. The number of fused-ring (bicyclic) bond motifs is 1. The minimum atomic E-state index is -0.0677. The van der Waals surface area contributed by atoms with E-state index in [9.17, 15) is 4.79 Å². The van der Waals surface area contributed by atoms with E-state index < -0.39 is 0 Å². The molecular weight excluding hydrogens is 536 g/mol. The largest absolute Gasteiger partial charge is 0.497 e. The van der Waals surface area contributed by atoms with E-state index in [0.29, 0.717) is 18.7 Å². The molecule has 0 aliphatic heterocycles. The summed E-state index contributed by atoms with van der Waals surface area (Å²) >= 11 is 0. The SMILES string of the molecule is CC/C=C\C=C(/CC)OCCNCCN(CCC)CCCn1cc(C(=O)NCc2ccccc2C)c2cccc(OC)c21. The molecule has 1 amide bonds. The van der Waals surface area contributed by atoms with E-state index in [1.807, 2.05) is 36.5 Å². The molecule has 0 bridgehead atoms. The van der Waals surface area contributed by atoms with Crippen molar-refractivity contribution in [2.24, 2.45) is 0 Å². The Bertz CT molecular complexity index is 1330. The highest BCUT2D eigenvalue weighted by Crippen LogP contribution is 2.30. The summed E-state index contributed by atoms with van der Waals surface area (Å²) < 4.78 is 13.8. The third-order valence-corrected chi connectivity index (χ3v) is 7.61. The fourth-order valence-corrected chi connectivity index (χ4v) is 5.24. The number of hydrogen-bond donors (Lipinski definition) is 2. The molecular formula is C36H52N4O3. The quantitative estimate of drug-likeness (QED) is 0.0858. The first-order chi connectivity index (χ1) is 21.0. The lowest BCUT2D eigenvalue weighted by molar-refractivity contribution is 0.0952. The molecule has 3 aromatic rings. The van der Waals surface area contributed by atoms with Gasteiger partial charge < -0.3 is 29.6 Å². The molecule has 0 radical (unpaired) electrons. The molecule has 2 aromatic carbocycles. The molecule has 0 fully saturated rings. The van der Waals surface area contributed by atoms with E-state index in [1.165, 1.54) is 5.56 Å². The number of ether oxygens (including phenoxy) is 2. The van der Waals surface area contributed by atoms with E-state index in [1.54, 1.807) is 7.11 Å². The number of amides is 1. The molecule has 7 nitrogen and oxygen atoms in total. The Hall–Kier alpha value is -3.55. The number of carbonyl (C=O) groups is 1. The third-order valence-electron chi connectivity index (χ3n) is 7.61. The molecule has 0 atom stereocenters. The van der Waals surface area contributed by atoms with Crippen LogP contribution in [0.3, 0.4) is 0 Å². The van der Waals surface area contributed by atoms with Crippen LogP contribution in [0.4, 0.5) is 0 Å². The second kappa shape index (κ2) is 18.9. The number of rotatable bonds is 20. The molecule has 0 aliphatic carbocycles. The zero-order valence-corrected chi connectivity index (χ0v) is 27.0. The fraction of sp³-hybridized carbons (Fsp3) is 0.472. The second-order valence-corrected chi connectivity index (χ2v) is 10.8. The van der Waals surface area contributed by atoms with Crippen molar-refractivity contribution in [3.05, 3.63) is 89.3 Å². The average Bonchev–Trinajstić information content (AvgIpc) is 3.40. The molecule has 0 aliphatic rings. The van der Waals surface area contributed by atoms with E-state index >= 15 is 0 Å². The Morgan fingerprint density at radius 1 is 1.02 bits per heavy atom. The molecule has 1 heterocycles. The number of para-hydroxylation sites is 1. The van der Waals surface area contributed by atoms with Crippen molar-refractivity contribution in [1.82, 2.24) is 20.1 Å². The maximum atomic E-state index is 13.3. The van der Waals surface area contributed by atoms with Gasteiger partial charge in [0.2, 0.25) is 0 Å². The van der Waals surface area contributed by atoms with Gasteiger partial charge in [-0.25, -0.2) is 0 Å². The monoisotopic (exact) mass is 588 g/mol. The Morgan fingerprint density at radius 3 is 2.60 bits per heavy atom. The van der Waals surface area contributed by atoms with Crippen molar-refractivity contribution in [2.75, 3.05) is 46.4 Å². The van der Waals surface area contributed by atoms with Gasteiger partial charge in [-0.3, -0.25) is 4.79 Å². The Labute approximate surface area is 258 Å². The normalized spacial score (nSPS) is 12.0. The van der Waals surface area contributed by atoms with Gasteiger partial charge in [0.25, 0.3) is 5.91 Å². The van der Waals surface area contributed by atoms with Gasteiger partial charge in [-0.15, -0.1) is 0 Å². The molecule has 43 heavy (non-hydrogen) atoms. The smallest absolute Gasteiger partial charge is 0.253 e. The lowest BCUT2D eigenvalue weighted by Crippen LogP contribution is -2.35. The first-order valence-electron chi connectivity index (χ1n) is 15.9. The summed E-state index contributed by atoms with van der Waals surface area (Å²) in [6, 6.07) is 14.1. The zero-order chi connectivity index (χ0) is 30.9. The first-order valence-corrected chi connectivity index (χ1v) is 15.9. The Morgan fingerprint density at radius 2 is 1.86 bits per heavy atom. The summed E-state index contributed by atoms with van der Waals surface area (Å²) in [6.45, 7) is 15.3. The standard InChI is InChI=1S/C36H52N4O3/c1-6-9-10-17-31(8-3)43-26-21-37-20-25-39(22-7-2)23-14-24-40-28-33(32-18-13-19-34(42-5)35(32)40)36(41)38-27-30-16-12-11-15-29(30)4/h9-13,15-19,28,37H,6-8,14,20-27H2,1-5H3,(H,38,41)/b10-9-,31-17+. The predicted octanol–water partition coefficient (Wildman–Crippen LogP) is 6.86. The van der Waals surface area contributed by atoms with E-state index in [-0.39, 0.29) is 5.91 Å². The van der Waals surface area contributed by atoms with Gasteiger partial charge in [-0.05, 0) is 62.5 Å². The number of nitrogens with one attached hydrogen (secondary N) is 2. The molecule has 0 saturated carbocycles. The average molecular weight is 589 g/mol. The van der Waals surface area contributed by atoms with Crippen LogP contribution in [0.15, 0.2) is 72.6 Å². The lowest BCUT2D eigenvalue weighted by atomic mass is 10.1. The van der Waals surface area contributed by atoms with Gasteiger partial charge in [0.1, 0.15) is 12.4 Å². The van der Waals surface area contributed by atoms with Crippen LogP contribution in [0.2, 0.25) is 0 Å². The molecule has 2 N–H and O–H groups in total. The van der Waals surface area contributed by atoms with Crippen molar-refractivity contribution >= 4 is 16.8 Å². The van der Waals surface area contributed by atoms with E-state index in [4.69, 9.17) is 9.47 Å². The summed E-state index contributed by atoms with van der Waals surface area (Å²) in [5, 5.41) is 7.58. The molecule has 7 heteroatoms. The minimum Gasteiger partial charge on any atom is -0.497 e. The van der Waals surface area contributed by atoms with Crippen LogP contribution >= 0.6 is 0 Å². The molecule has 1 aromatic heterocycles. The van der Waals surface area contributed by atoms with Crippen molar-refractivity contribution in [3.63, 3.8) is 0 Å². The topological polar surface area (TPSA) is 67.8 Å². The van der Waals surface area contributed by atoms with Crippen molar-refractivity contribution in [1.29, 1.82) is 0 Å². The molecule has 0 unspecified atom stereocenters. The number of aromatic nitrogens is 1. The molecule has 234 valence electrons. The Balaban J connectivity index is 1.55. The fourth-order valence-electron chi connectivity index (χ4n) is 5.24. The Kier molecular flexibility index (Phi) is 14.9. The highest BCUT2D eigenvalue weighted by molar-refractivity contribution is 6.08. The number of benzene rings is 2. The van der Waals surface area contributed by atoms with Gasteiger partial charge in [0, 0.05) is 50.7 Å². The summed E-state index contributed by atoms with van der Waals surface area (Å²) in [7, 11) is 1.69. The number of nitrogens with zero attached hydrogens (tertiary/aromatic N) is 2. The minimum absolute atomic E-state index is 0.0677. The summed E-state index contributed by atoms with van der Waals surface area (Å²) in [5.41, 5.74) is 3.95. The molecule has 0 saturated heterocycles. The zero-order valence-electron chi connectivity index (χ0n) is 27.0. The molecule has 3 rings (SSSR count). The predicted molar refractivity (Wildman–Crippen MR) is 179 cm³/mol. The van der Waals surface area contributed by atoms with Gasteiger partial charge in [0.05, 0.1) is 23.9 Å². The number of allylic oxidation sites excluding steroid dienone is 4. The number of carbonyl (C=O) groups excluding carboxylic acids is 1. The molecule has 0 spiro atoms. The third kappa shape index (κ3) is 10.6. The first kappa shape index (κ1) is 33.9. The van der Waals surface area contributed by atoms with Crippen molar-refractivity contribution < 1.29 is 14.3 Å².